The molecule has 0 aliphatic heterocycles. The van der Waals surface area contributed by atoms with E-state index in [9.17, 15) is 14.4 Å². The molecule has 3 N–H and O–H groups in total. The highest BCUT2D eigenvalue weighted by Gasteiger charge is 2.26. The van der Waals surface area contributed by atoms with Crippen molar-refractivity contribution in [1.82, 2.24) is 16.2 Å². The lowest BCUT2D eigenvalue weighted by molar-refractivity contribution is -0.139. The van der Waals surface area contributed by atoms with Crippen molar-refractivity contribution in [2.75, 3.05) is 0 Å². The monoisotopic (exact) mass is 275 g/mol. The van der Waals surface area contributed by atoms with Gasteiger partial charge >= 0.3 is 11.8 Å². The largest absolute Gasteiger partial charge is 0.345 e. The van der Waals surface area contributed by atoms with Crippen LogP contribution in [0.25, 0.3) is 0 Å². The van der Waals surface area contributed by atoms with E-state index in [1.165, 1.54) is 0 Å². The van der Waals surface area contributed by atoms with E-state index in [2.05, 4.69) is 16.2 Å². The van der Waals surface area contributed by atoms with Crippen LogP contribution < -0.4 is 16.2 Å². The second-order valence-electron chi connectivity index (χ2n) is 4.96. The molecule has 1 aliphatic carbocycles. The van der Waals surface area contributed by atoms with Crippen LogP contribution in [0.1, 0.15) is 34.3 Å². The number of hydrogen-bond donors (Lipinski definition) is 3. The van der Waals surface area contributed by atoms with Gasteiger partial charge in [-0.25, -0.2) is 0 Å². The number of hydrazine groups is 1. The second-order valence-corrected chi connectivity index (χ2v) is 4.96. The summed E-state index contributed by atoms with van der Waals surface area (Å²) in [5, 5.41) is 2.53. The summed E-state index contributed by atoms with van der Waals surface area (Å²) in [6, 6.07) is 5.31. The minimum atomic E-state index is -0.867. The smallest absolute Gasteiger partial charge is 0.327 e. The molecule has 1 aromatic rings. The van der Waals surface area contributed by atoms with Crippen LogP contribution in [-0.2, 0) is 9.59 Å². The van der Waals surface area contributed by atoms with Gasteiger partial charge in [0, 0.05) is 11.6 Å². The van der Waals surface area contributed by atoms with E-state index in [4.69, 9.17) is 0 Å². The van der Waals surface area contributed by atoms with Crippen molar-refractivity contribution in [3.05, 3.63) is 34.9 Å². The fourth-order valence-electron chi connectivity index (χ4n) is 1.60. The third-order valence-electron chi connectivity index (χ3n) is 3.18. The normalized spacial score (nSPS) is 13.5. The van der Waals surface area contributed by atoms with E-state index in [-0.39, 0.29) is 6.04 Å². The standard InChI is InChI=1S/C14H17N3O3/c1-8-3-4-10(7-9(8)2)12(18)16-17-14(20)13(19)15-11-5-6-11/h3-4,7,11H,5-6H2,1-2H3,(H,15,19)(H,16,18)(H,17,20). The van der Waals surface area contributed by atoms with Crippen molar-refractivity contribution in [1.29, 1.82) is 0 Å². The summed E-state index contributed by atoms with van der Waals surface area (Å²) in [5.74, 6) is -2.05. The van der Waals surface area contributed by atoms with Gasteiger partial charge in [-0.1, -0.05) is 6.07 Å². The van der Waals surface area contributed by atoms with Gasteiger partial charge in [0.1, 0.15) is 0 Å². The second kappa shape index (κ2) is 5.73. The van der Waals surface area contributed by atoms with Crippen LogP contribution in [0.15, 0.2) is 18.2 Å². The zero-order valence-electron chi connectivity index (χ0n) is 11.4. The van der Waals surface area contributed by atoms with Gasteiger partial charge in [-0.3, -0.25) is 25.2 Å². The van der Waals surface area contributed by atoms with Crippen LogP contribution in [0.2, 0.25) is 0 Å². The number of carbonyl (C=O) groups is 3. The Hall–Kier alpha value is -2.37. The number of benzene rings is 1. The van der Waals surface area contributed by atoms with E-state index in [0.717, 1.165) is 24.0 Å². The predicted octanol–water partition coefficient (Wildman–Crippen LogP) is 0.343. The molecule has 0 saturated heterocycles. The van der Waals surface area contributed by atoms with E-state index >= 15 is 0 Å². The summed E-state index contributed by atoms with van der Waals surface area (Å²) in [7, 11) is 0. The summed E-state index contributed by atoms with van der Waals surface area (Å²) >= 11 is 0. The Bertz CT molecular complexity index is 565. The van der Waals surface area contributed by atoms with Crippen LogP contribution in [0, 0.1) is 13.8 Å². The quantitative estimate of drug-likeness (QED) is 0.537. The Labute approximate surface area is 116 Å². The molecular weight excluding hydrogens is 258 g/mol. The van der Waals surface area contributed by atoms with Gasteiger partial charge in [0.15, 0.2) is 0 Å². The number of rotatable bonds is 2. The van der Waals surface area contributed by atoms with E-state index < -0.39 is 17.7 Å². The maximum absolute atomic E-state index is 11.8. The Morgan fingerprint density at radius 2 is 1.70 bits per heavy atom. The number of carbonyl (C=O) groups excluding carboxylic acids is 3. The summed E-state index contributed by atoms with van der Waals surface area (Å²) in [6.07, 6.45) is 1.79. The molecule has 6 nitrogen and oxygen atoms in total. The zero-order chi connectivity index (χ0) is 14.7. The van der Waals surface area contributed by atoms with Crippen LogP contribution in [0.3, 0.4) is 0 Å². The summed E-state index contributed by atoms with van der Waals surface area (Å²) in [4.78, 5) is 34.6. The van der Waals surface area contributed by atoms with Crippen LogP contribution in [0.4, 0.5) is 0 Å². The lowest BCUT2D eigenvalue weighted by Crippen LogP contribution is -2.49. The zero-order valence-corrected chi connectivity index (χ0v) is 11.4. The van der Waals surface area contributed by atoms with Gasteiger partial charge in [-0.05, 0) is 49.9 Å². The molecule has 20 heavy (non-hydrogen) atoms. The fraction of sp³-hybridized carbons (Fsp3) is 0.357. The van der Waals surface area contributed by atoms with Crippen molar-refractivity contribution < 1.29 is 14.4 Å². The van der Waals surface area contributed by atoms with Gasteiger partial charge in [-0.2, -0.15) is 0 Å². The Balaban J connectivity index is 1.86. The summed E-state index contributed by atoms with van der Waals surface area (Å²) in [5.41, 5.74) is 6.80. The average molecular weight is 275 g/mol. The molecule has 0 atom stereocenters. The first-order chi connectivity index (χ1) is 9.47. The maximum atomic E-state index is 11.8. The van der Waals surface area contributed by atoms with Crippen molar-refractivity contribution in [3.8, 4) is 0 Å². The molecule has 0 aromatic heterocycles. The maximum Gasteiger partial charge on any atom is 0.327 e. The summed E-state index contributed by atoms with van der Waals surface area (Å²) in [6.45, 7) is 3.84. The number of aryl methyl sites for hydroxylation is 2. The van der Waals surface area contributed by atoms with Crippen LogP contribution in [-0.4, -0.2) is 23.8 Å². The summed E-state index contributed by atoms with van der Waals surface area (Å²) < 4.78 is 0. The fourth-order valence-corrected chi connectivity index (χ4v) is 1.60. The highest BCUT2D eigenvalue weighted by Crippen LogP contribution is 2.18. The molecule has 106 valence electrons. The Morgan fingerprint density at radius 1 is 1.00 bits per heavy atom. The van der Waals surface area contributed by atoms with E-state index in [0.29, 0.717) is 5.56 Å². The third-order valence-corrected chi connectivity index (χ3v) is 3.18. The molecule has 1 aliphatic rings. The van der Waals surface area contributed by atoms with Crippen molar-refractivity contribution in [2.24, 2.45) is 0 Å². The minimum absolute atomic E-state index is 0.101. The topological polar surface area (TPSA) is 87.3 Å². The molecule has 1 fully saturated rings. The van der Waals surface area contributed by atoms with Crippen molar-refractivity contribution >= 4 is 17.7 Å². The molecule has 3 amide bonds. The van der Waals surface area contributed by atoms with Crippen molar-refractivity contribution in [3.63, 3.8) is 0 Å². The van der Waals surface area contributed by atoms with E-state index in [1.807, 2.05) is 19.9 Å². The molecule has 1 saturated carbocycles. The lowest BCUT2D eigenvalue weighted by Gasteiger charge is -2.08. The number of nitrogens with one attached hydrogen (secondary N) is 3. The van der Waals surface area contributed by atoms with Gasteiger partial charge in [0.05, 0.1) is 0 Å². The van der Waals surface area contributed by atoms with Crippen molar-refractivity contribution in [2.45, 2.75) is 32.7 Å². The van der Waals surface area contributed by atoms with Gasteiger partial charge in [0.25, 0.3) is 5.91 Å². The first kappa shape index (κ1) is 14.0. The van der Waals surface area contributed by atoms with Gasteiger partial charge < -0.3 is 5.32 Å². The molecule has 0 heterocycles. The Morgan fingerprint density at radius 3 is 2.30 bits per heavy atom. The molecule has 0 bridgehead atoms. The molecule has 2 rings (SSSR count). The SMILES string of the molecule is Cc1ccc(C(=O)NNC(=O)C(=O)NC2CC2)cc1C. The van der Waals surface area contributed by atoms with Gasteiger partial charge in [-0.15, -0.1) is 0 Å². The molecular formula is C14H17N3O3. The molecule has 6 heteroatoms. The average Bonchev–Trinajstić information content (AvgIpc) is 3.22. The molecule has 0 unspecified atom stereocenters. The highest BCUT2D eigenvalue weighted by atomic mass is 16.2. The third kappa shape index (κ3) is 3.57. The molecule has 0 spiro atoms. The first-order valence-electron chi connectivity index (χ1n) is 6.46. The lowest BCUT2D eigenvalue weighted by atomic mass is 10.1. The number of amides is 3. The Kier molecular flexibility index (Phi) is 4.02. The molecule has 0 radical (unpaired) electrons. The minimum Gasteiger partial charge on any atom is -0.345 e. The van der Waals surface area contributed by atoms with Gasteiger partial charge in [0.2, 0.25) is 0 Å². The molecule has 1 aromatic carbocycles. The van der Waals surface area contributed by atoms with E-state index in [1.54, 1.807) is 12.1 Å². The highest BCUT2D eigenvalue weighted by molar-refractivity contribution is 6.35. The first-order valence-corrected chi connectivity index (χ1v) is 6.46. The predicted molar refractivity (Wildman–Crippen MR) is 72.7 cm³/mol. The number of hydrogen-bond acceptors (Lipinski definition) is 3. The van der Waals surface area contributed by atoms with Crippen LogP contribution in [0.5, 0.6) is 0 Å². The van der Waals surface area contributed by atoms with Crippen LogP contribution >= 0.6 is 0 Å².